The highest BCUT2D eigenvalue weighted by Gasteiger charge is 2.51. The highest BCUT2D eigenvalue weighted by atomic mass is 31.2. The Morgan fingerprint density at radius 2 is 0.902 bits per heavy atom. The summed E-state index contributed by atoms with van der Waals surface area (Å²) in [6.07, 6.45) is 30.2. The number of phosphoric acid groups is 1. The van der Waals surface area contributed by atoms with Crippen molar-refractivity contribution in [2.24, 2.45) is 0 Å². The highest BCUT2D eigenvalue weighted by Crippen LogP contribution is 2.47. The van der Waals surface area contributed by atoms with Crippen molar-refractivity contribution in [2.45, 2.75) is 224 Å². The Balaban J connectivity index is 2.49. The maximum Gasteiger partial charge on any atom is 0.472 e. The van der Waals surface area contributed by atoms with Crippen LogP contribution in [0.3, 0.4) is 0 Å². The van der Waals surface area contributed by atoms with E-state index >= 15 is 0 Å². The van der Waals surface area contributed by atoms with Crippen molar-refractivity contribution in [1.29, 1.82) is 0 Å². The lowest BCUT2D eigenvalue weighted by molar-refractivity contribution is -0.220. The molecule has 0 aliphatic heterocycles. The predicted molar refractivity (Wildman–Crippen MR) is 239 cm³/mol. The van der Waals surface area contributed by atoms with Gasteiger partial charge in [0.05, 0.1) is 6.61 Å². The molecule has 0 aromatic rings. The highest BCUT2D eigenvalue weighted by molar-refractivity contribution is 7.47. The van der Waals surface area contributed by atoms with E-state index in [4.69, 9.17) is 18.5 Å². The zero-order valence-corrected chi connectivity index (χ0v) is 38.3. The number of hydrogen-bond acceptors (Lipinski definition) is 12. The molecule has 0 bridgehead atoms. The van der Waals surface area contributed by atoms with E-state index in [9.17, 15) is 44.6 Å². The van der Waals surface area contributed by atoms with Crippen molar-refractivity contribution in [3.05, 3.63) is 48.6 Å². The first-order chi connectivity index (χ1) is 29.4. The molecule has 6 N–H and O–H groups in total. The number of hydrogen-bond donors (Lipinski definition) is 6. The van der Waals surface area contributed by atoms with Crippen LogP contribution >= 0.6 is 7.82 Å². The van der Waals surface area contributed by atoms with Gasteiger partial charge >= 0.3 is 19.8 Å². The minimum absolute atomic E-state index is 0.0869. The lowest BCUT2D eigenvalue weighted by Crippen LogP contribution is -2.64. The molecule has 354 valence electrons. The van der Waals surface area contributed by atoms with Crippen molar-refractivity contribution in [3.8, 4) is 0 Å². The molecule has 1 aliphatic carbocycles. The smallest absolute Gasteiger partial charge is 0.462 e. The maximum atomic E-state index is 12.8. The van der Waals surface area contributed by atoms with Gasteiger partial charge in [-0.2, -0.15) is 0 Å². The molecule has 0 radical (unpaired) electrons. The van der Waals surface area contributed by atoms with Crippen LogP contribution in [0, 0.1) is 0 Å². The summed E-state index contributed by atoms with van der Waals surface area (Å²) in [7, 11) is -5.13. The van der Waals surface area contributed by atoms with E-state index in [0.717, 1.165) is 51.4 Å². The van der Waals surface area contributed by atoms with Gasteiger partial charge in [-0.25, -0.2) is 4.57 Å². The molecule has 0 aromatic heterocycles. The van der Waals surface area contributed by atoms with E-state index in [1.165, 1.54) is 83.5 Å². The molecule has 1 aliphatic rings. The Bertz CT molecular complexity index is 1250. The minimum Gasteiger partial charge on any atom is -0.462 e. The topological polar surface area (TPSA) is 210 Å². The second-order valence-corrected chi connectivity index (χ2v) is 17.7. The van der Waals surface area contributed by atoms with Crippen LogP contribution in [-0.2, 0) is 32.7 Å². The molecule has 0 spiro atoms. The lowest BCUT2D eigenvalue weighted by atomic mass is 9.85. The van der Waals surface area contributed by atoms with E-state index in [1.807, 2.05) is 12.2 Å². The molecular formula is C47H83O13P. The zero-order chi connectivity index (χ0) is 45.0. The number of phosphoric ester groups is 1. The molecule has 0 heterocycles. The summed E-state index contributed by atoms with van der Waals surface area (Å²) in [5, 5.41) is 50.1. The van der Waals surface area contributed by atoms with Gasteiger partial charge in [-0.15, -0.1) is 0 Å². The van der Waals surface area contributed by atoms with E-state index < -0.39 is 75.7 Å². The number of esters is 2. The average Bonchev–Trinajstić information content (AvgIpc) is 3.24. The molecule has 14 heteroatoms. The number of carbonyl (C=O) groups excluding carboxylic acids is 2. The summed E-state index contributed by atoms with van der Waals surface area (Å²) in [4.78, 5) is 35.7. The van der Waals surface area contributed by atoms with Gasteiger partial charge in [0.1, 0.15) is 43.2 Å². The van der Waals surface area contributed by atoms with E-state index in [0.29, 0.717) is 19.3 Å². The van der Waals surface area contributed by atoms with E-state index in [2.05, 4.69) is 50.3 Å². The first-order valence-electron chi connectivity index (χ1n) is 23.4. The number of allylic oxidation sites excluding steroid dienone is 8. The second-order valence-electron chi connectivity index (χ2n) is 16.3. The summed E-state index contributed by atoms with van der Waals surface area (Å²) < 4.78 is 33.5. The first kappa shape index (κ1) is 56.8. The van der Waals surface area contributed by atoms with Gasteiger partial charge in [0.15, 0.2) is 6.10 Å². The summed E-state index contributed by atoms with van der Waals surface area (Å²) in [5.41, 5.74) is 0. The summed E-state index contributed by atoms with van der Waals surface area (Å²) in [5.74, 6) is -1.16. The predicted octanol–water partition coefficient (Wildman–Crippen LogP) is 9.17. The van der Waals surface area contributed by atoms with Gasteiger partial charge in [-0.1, -0.05) is 165 Å². The number of ether oxygens (including phenoxy) is 2. The molecule has 8 atom stereocenters. The van der Waals surface area contributed by atoms with Crippen LogP contribution in [0.1, 0.15) is 181 Å². The Labute approximate surface area is 367 Å². The van der Waals surface area contributed by atoms with Crippen LogP contribution in [0.25, 0.3) is 0 Å². The molecule has 61 heavy (non-hydrogen) atoms. The molecule has 1 fully saturated rings. The van der Waals surface area contributed by atoms with Gasteiger partial charge in [-0.3, -0.25) is 18.6 Å². The molecule has 13 nitrogen and oxygen atoms in total. The minimum atomic E-state index is -5.13. The molecular weight excluding hydrogens is 803 g/mol. The third kappa shape index (κ3) is 29.7. The standard InChI is InChI=1S/C47H83O13P/c1-3-5-7-9-11-13-15-17-19-20-22-23-25-27-29-31-33-35-40(48)57-37-39(38-58-61(55,56)60-47-45(53)43(51)42(50)44(52)46(47)54)59-41(49)36-34-32-30-28-26-24-21-18-16-14-12-10-8-6-4-2/h11,13,17,19,22-23,27,29,39,42-47,50-54H,3-10,12,14-16,18,20-21,24-26,28,30-38H2,1-2H3,(H,55,56)/b13-11+,19-17+,23-22+,29-27+/t39-,42?,43-,44?,45?,46?,47?/m0/s1. The van der Waals surface area contributed by atoms with Gasteiger partial charge in [0.2, 0.25) is 0 Å². The molecule has 0 aromatic carbocycles. The first-order valence-corrected chi connectivity index (χ1v) is 24.9. The second kappa shape index (κ2) is 37.2. The van der Waals surface area contributed by atoms with Crippen LogP contribution in [0.2, 0.25) is 0 Å². The van der Waals surface area contributed by atoms with E-state index in [-0.39, 0.29) is 12.8 Å². The Hall–Kier alpha value is -2.19. The van der Waals surface area contributed by atoms with Crippen LogP contribution in [-0.4, -0.2) is 98.3 Å². The molecule has 6 unspecified atom stereocenters. The summed E-state index contributed by atoms with van der Waals surface area (Å²) >= 11 is 0. The van der Waals surface area contributed by atoms with E-state index in [1.54, 1.807) is 0 Å². The van der Waals surface area contributed by atoms with Crippen molar-refractivity contribution in [3.63, 3.8) is 0 Å². The third-order valence-corrected chi connectivity index (χ3v) is 11.7. The SMILES string of the molecule is CCCCC/C=C/C/C=C/C/C=C/C/C=C/CCCC(=O)OC[C@@H](COP(=O)(O)OC1C(O)C(O)C(O)[C@H](O)C1O)OC(=O)CCCCCCCCCCCCCCCCC. The van der Waals surface area contributed by atoms with Gasteiger partial charge in [0.25, 0.3) is 0 Å². The molecule has 1 rings (SSSR count). The third-order valence-electron chi connectivity index (χ3n) is 10.7. The summed E-state index contributed by atoms with van der Waals surface area (Å²) in [6.45, 7) is 3.23. The largest absolute Gasteiger partial charge is 0.472 e. The number of rotatable bonds is 38. The van der Waals surface area contributed by atoms with Crippen LogP contribution < -0.4 is 0 Å². The average molecular weight is 887 g/mol. The van der Waals surface area contributed by atoms with Crippen LogP contribution in [0.5, 0.6) is 0 Å². The van der Waals surface area contributed by atoms with Crippen molar-refractivity contribution in [2.75, 3.05) is 13.2 Å². The van der Waals surface area contributed by atoms with Crippen molar-refractivity contribution < 1.29 is 63.1 Å². The quantitative estimate of drug-likeness (QED) is 0.0148. The fourth-order valence-corrected chi connectivity index (χ4v) is 7.84. The fraction of sp³-hybridized carbons (Fsp3) is 0.787. The van der Waals surface area contributed by atoms with Gasteiger partial charge in [0, 0.05) is 12.8 Å². The Morgan fingerprint density at radius 1 is 0.508 bits per heavy atom. The van der Waals surface area contributed by atoms with Gasteiger partial charge in [-0.05, 0) is 51.4 Å². The van der Waals surface area contributed by atoms with Gasteiger partial charge < -0.3 is 39.9 Å². The normalized spacial score (nSPS) is 22.4. The van der Waals surface area contributed by atoms with Crippen molar-refractivity contribution in [1.82, 2.24) is 0 Å². The molecule has 0 amide bonds. The maximum absolute atomic E-state index is 12.8. The number of carbonyl (C=O) groups is 2. The zero-order valence-electron chi connectivity index (χ0n) is 37.4. The van der Waals surface area contributed by atoms with Crippen molar-refractivity contribution >= 4 is 19.8 Å². The number of unbranched alkanes of at least 4 members (excludes halogenated alkanes) is 18. The molecule has 1 saturated carbocycles. The lowest BCUT2D eigenvalue weighted by Gasteiger charge is -2.41. The summed E-state index contributed by atoms with van der Waals surface area (Å²) in [6, 6.07) is 0. The Morgan fingerprint density at radius 3 is 1.39 bits per heavy atom. The van der Waals surface area contributed by atoms with Crippen LogP contribution in [0.15, 0.2) is 48.6 Å². The Kier molecular flexibility index (Phi) is 34.7. The van der Waals surface area contributed by atoms with Crippen LogP contribution in [0.4, 0.5) is 0 Å². The molecule has 0 saturated heterocycles. The number of aliphatic hydroxyl groups excluding tert-OH is 5. The number of aliphatic hydroxyl groups is 5. The fourth-order valence-electron chi connectivity index (χ4n) is 6.87. The monoisotopic (exact) mass is 887 g/mol.